The predicted molar refractivity (Wildman–Crippen MR) is 108 cm³/mol. The average molecular weight is 375 g/mol. The van der Waals surface area contributed by atoms with Crippen molar-refractivity contribution in [1.82, 2.24) is 10.3 Å². The largest absolute Gasteiger partial charge is 0.495 e. The molecule has 142 valence electrons. The number of aryl methyl sites for hydroxylation is 1. The molecule has 0 fully saturated rings. The van der Waals surface area contributed by atoms with E-state index < -0.39 is 0 Å². The second-order valence-corrected chi connectivity index (χ2v) is 6.27. The van der Waals surface area contributed by atoms with Crippen LogP contribution in [-0.2, 0) is 6.54 Å². The van der Waals surface area contributed by atoms with Crippen molar-refractivity contribution < 1.29 is 14.3 Å². The van der Waals surface area contributed by atoms with E-state index in [2.05, 4.69) is 15.6 Å². The molecule has 1 aromatic heterocycles. The van der Waals surface area contributed by atoms with E-state index in [0.717, 1.165) is 11.1 Å². The highest BCUT2D eigenvalue weighted by Crippen LogP contribution is 2.25. The molecule has 0 aliphatic rings. The molecule has 0 aliphatic heterocycles. The number of nitrogens with one attached hydrogen (secondary N) is 2. The summed E-state index contributed by atoms with van der Waals surface area (Å²) < 4.78 is 5.28. The van der Waals surface area contributed by atoms with Crippen LogP contribution >= 0.6 is 0 Å². The molecule has 3 aromatic rings. The Morgan fingerprint density at radius 2 is 1.57 bits per heavy atom. The Morgan fingerprint density at radius 1 is 0.929 bits per heavy atom. The first-order valence-corrected chi connectivity index (χ1v) is 8.80. The summed E-state index contributed by atoms with van der Waals surface area (Å²) in [5.74, 6) is 0.114. The summed E-state index contributed by atoms with van der Waals surface area (Å²) in [6.07, 6.45) is 3.36. The maximum Gasteiger partial charge on any atom is 0.255 e. The van der Waals surface area contributed by atoms with Gasteiger partial charge < -0.3 is 15.4 Å². The standard InChI is InChI=1S/C22H21N3O3/c1-15-3-8-20(28-2)19(13-15)25-22(27)18-6-4-17(5-7-18)21(26)24-14-16-9-11-23-12-10-16/h3-13H,14H2,1-2H3,(H,24,26)(H,25,27). The first-order chi connectivity index (χ1) is 13.6. The molecule has 0 saturated carbocycles. The maximum atomic E-state index is 12.5. The zero-order valence-electron chi connectivity index (χ0n) is 15.7. The summed E-state index contributed by atoms with van der Waals surface area (Å²) in [5.41, 5.74) is 3.52. The van der Waals surface area contributed by atoms with Crippen LogP contribution in [0.5, 0.6) is 5.75 Å². The molecular weight excluding hydrogens is 354 g/mol. The van der Waals surface area contributed by atoms with Gasteiger partial charge in [-0.15, -0.1) is 0 Å². The molecule has 2 amide bonds. The van der Waals surface area contributed by atoms with E-state index in [1.54, 1.807) is 49.8 Å². The lowest BCUT2D eigenvalue weighted by Crippen LogP contribution is -2.23. The summed E-state index contributed by atoms with van der Waals surface area (Å²) in [7, 11) is 1.56. The fourth-order valence-electron chi connectivity index (χ4n) is 2.67. The number of nitrogens with zero attached hydrogens (tertiary/aromatic N) is 1. The van der Waals surface area contributed by atoms with E-state index in [-0.39, 0.29) is 11.8 Å². The normalized spacial score (nSPS) is 10.2. The lowest BCUT2D eigenvalue weighted by molar-refractivity contribution is 0.0949. The maximum absolute atomic E-state index is 12.5. The smallest absolute Gasteiger partial charge is 0.255 e. The van der Waals surface area contributed by atoms with Crippen molar-refractivity contribution >= 4 is 17.5 Å². The van der Waals surface area contributed by atoms with Crippen LogP contribution in [0.1, 0.15) is 31.8 Å². The first kappa shape index (κ1) is 19.1. The molecule has 0 spiro atoms. The van der Waals surface area contributed by atoms with Gasteiger partial charge in [-0.3, -0.25) is 14.6 Å². The Morgan fingerprint density at radius 3 is 2.21 bits per heavy atom. The molecule has 28 heavy (non-hydrogen) atoms. The van der Waals surface area contributed by atoms with Gasteiger partial charge in [0.25, 0.3) is 11.8 Å². The molecular formula is C22H21N3O3. The highest BCUT2D eigenvalue weighted by atomic mass is 16.5. The van der Waals surface area contributed by atoms with Crippen molar-refractivity contribution in [2.24, 2.45) is 0 Å². The average Bonchev–Trinajstić information content (AvgIpc) is 2.73. The number of hydrogen-bond donors (Lipinski definition) is 2. The number of benzene rings is 2. The molecule has 2 aromatic carbocycles. The Bertz CT molecular complexity index is 970. The van der Waals surface area contributed by atoms with E-state index in [4.69, 9.17) is 4.74 Å². The molecule has 0 unspecified atom stereocenters. The predicted octanol–water partition coefficient (Wildman–Crippen LogP) is 3.58. The van der Waals surface area contributed by atoms with E-state index in [0.29, 0.717) is 29.1 Å². The molecule has 0 atom stereocenters. The Hall–Kier alpha value is -3.67. The number of aromatic nitrogens is 1. The highest BCUT2D eigenvalue weighted by Gasteiger charge is 2.12. The minimum absolute atomic E-state index is 0.205. The van der Waals surface area contributed by atoms with Crippen molar-refractivity contribution in [1.29, 1.82) is 0 Å². The van der Waals surface area contributed by atoms with Crippen molar-refractivity contribution in [2.45, 2.75) is 13.5 Å². The Balaban J connectivity index is 1.64. The number of ether oxygens (including phenoxy) is 1. The summed E-state index contributed by atoms with van der Waals surface area (Å²) in [6, 6.07) is 15.7. The van der Waals surface area contributed by atoms with Gasteiger partial charge in [-0.1, -0.05) is 6.07 Å². The van der Waals surface area contributed by atoms with Gasteiger partial charge in [0.2, 0.25) is 0 Å². The number of hydrogen-bond acceptors (Lipinski definition) is 4. The summed E-state index contributed by atoms with van der Waals surface area (Å²) in [5, 5.41) is 5.68. The SMILES string of the molecule is COc1ccc(C)cc1NC(=O)c1ccc(C(=O)NCc2ccncc2)cc1. The molecule has 6 heteroatoms. The van der Waals surface area contributed by atoms with Crippen molar-refractivity contribution in [3.05, 3.63) is 89.2 Å². The molecule has 3 rings (SSSR count). The third kappa shape index (κ3) is 4.73. The van der Waals surface area contributed by atoms with Gasteiger partial charge in [0.15, 0.2) is 0 Å². The Kier molecular flexibility index (Phi) is 6.01. The fraction of sp³-hybridized carbons (Fsp3) is 0.136. The van der Waals surface area contributed by atoms with Crippen molar-refractivity contribution in [3.8, 4) is 5.75 Å². The number of pyridine rings is 1. The summed E-state index contributed by atoms with van der Waals surface area (Å²) in [6.45, 7) is 2.35. The van der Waals surface area contributed by atoms with Gasteiger partial charge in [-0.25, -0.2) is 0 Å². The van der Waals surface area contributed by atoms with Gasteiger partial charge in [0, 0.05) is 30.1 Å². The minimum Gasteiger partial charge on any atom is -0.495 e. The monoisotopic (exact) mass is 375 g/mol. The lowest BCUT2D eigenvalue weighted by Gasteiger charge is -2.11. The fourth-order valence-corrected chi connectivity index (χ4v) is 2.67. The number of carbonyl (C=O) groups is 2. The molecule has 0 bridgehead atoms. The van der Waals surface area contributed by atoms with Crippen LogP contribution < -0.4 is 15.4 Å². The lowest BCUT2D eigenvalue weighted by atomic mass is 10.1. The minimum atomic E-state index is -0.271. The quantitative estimate of drug-likeness (QED) is 0.690. The van der Waals surface area contributed by atoms with E-state index in [1.165, 1.54) is 0 Å². The topological polar surface area (TPSA) is 80.3 Å². The first-order valence-electron chi connectivity index (χ1n) is 8.80. The zero-order valence-corrected chi connectivity index (χ0v) is 15.7. The number of amides is 2. The van der Waals surface area contributed by atoms with Gasteiger partial charge in [0.05, 0.1) is 12.8 Å². The van der Waals surface area contributed by atoms with Crippen LogP contribution in [0.2, 0.25) is 0 Å². The van der Waals surface area contributed by atoms with Crippen LogP contribution in [0.4, 0.5) is 5.69 Å². The van der Waals surface area contributed by atoms with Crippen LogP contribution in [0.25, 0.3) is 0 Å². The van der Waals surface area contributed by atoms with Gasteiger partial charge in [-0.2, -0.15) is 0 Å². The van der Waals surface area contributed by atoms with Gasteiger partial charge >= 0.3 is 0 Å². The van der Waals surface area contributed by atoms with E-state index >= 15 is 0 Å². The van der Waals surface area contributed by atoms with Crippen LogP contribution in [0, 0.1) is 6.92 Å². The second-order valence-electron chi connectivity index (χ2n) is 6.27. The third-order valence-corrected chi connectivity index (χ3v) is 4.21. The molecule has 0 saturated heterocycles. The second kappa shape index (κ2) is 8.81. The number of rotatable bonds is 6. The molecule has 0 aliphatic carbocycles. The number of carbonyl (C=O) groups excluding carboxylic acids is 2. The summed E-state index contributed by atoms with van der Waals surface area (Å²) >= 11 is 0. The highest BCUT2D eigenvalue weighted by molar-refractivity contribution is 6.05. The van der Waals surface area contributed by atoms with E-state index in [9.17, 15) is 9.59 Å². The molecule has 2 N–H and O–H groups in total. The van der Waals surface area contributed by atoms with Crippen molar-refractivity contribution in [3.63, 3.8) is 0 Å². The van der Waals surface area contributed by atoms with E-state index in [1.807, 2.05) is 31.2 Å². The van der Waals surface area contributed by atoms with Gasteiger partial charge in [0.1, 0.15) is 5.75 Å². The molecule has 0 radical (unpaired) electrons. The van der Waals surface area contributed by atoms with Crippen LogP contribution in [0.15, 0.2) is 67.0 Å². The summed E-state index contributed by atoms with van der Waals surface area (Å²) in [4.78, 5) is 28.7. The van der Waals surface area contributed by atoms with Crippen LogP contribution in [-0.4, -0.2) is 23.9 Å². The third-order valence-electron chi connectivity index (χ3n) is 4.21. The molecule has 6 nitrogen and oxygen atoms in total. The molecule has 1 heterocycles. The Labute approximate surface area is 163 Å². The number of anilines is 1. The van der Waals surface area contributed by atoms with Crippen molar-refractivity contribution in [2.75, 3.05) is 12.4 Å². The van der Waals surface area contributed by atoms with Gasteiger partial charge in [-0.05, 0) is 66.6 Å². The zero-order chi connectivity index (χ0) is 19.9. The van der Waals surface area contributed by atoms with Crippen LogP contribution in [0.3, 0.4) is 0 Å². The number of methoxy groups -OCH3 is 1.